The Morgan fingerprint density at radius 3 is 2.52 bits per heavy atom. The molecule has 1 fully saturated rings. The molecule has 23 heavy (non-hydrogen) atoms. The van der Waals surface area contributed by atoms with Crippen LogP contribution in [0.25, 0.3) is 0 Å². The van der Waals surface area contributed by atoms with Crippen LogP contribution in [0.15, 0.2) is 35.3 Å². The number of hydrogen-bond acceptors (Lipinski definition) is 2. The molecule has 1 aromatic carbocycles. The number of nitrogens with zero attached hydrogens (tertiary/aromatic N) is 2. The van der Waals surface area contributed by atoms with Gasteiger partial charge >= 0.3 is 0 Å². The van der Waals surface area contributed by atoms with Gasteiger partial charge in [0.1, 0.15) is 0 Å². The van der Waals surface area contributed by atoms with Crippen molar-refractivity contribution in [2.75, 3.05) is 26.7 Å². The molecule has 0 radical (unpaired) electrons. The Hall–Kier alpha value is -1.55. The summed E-state index contributed by atoms with van der Waals surface area (Å²) in [5.74, 6) is 0.945. The second kappa shape index (κ2) is 9.56. The standard InChI is InChI=1S/C19H32N4/c1-16(2)23-14-11-18(12-15-23)22-19(20-3)21-13-7-10-17-8-5-4-6-9-17/h4-6,8-9,16,18H,7,10-15H2,1-3H3,(H2,20,21,22). The zero-order chi connectivity index (χ0) is 16.5. The molecule has 1 aliphatic rings. The van der Waals surface area contributed by atoms with Crippen LogP contribution in [0.4, 0.5) is 0 Å². The molecule has 0 atom stereocenters. The zero-order valence-corrected chi connectivity index (χ0v) is 14.9. The summed E-state index contributed by atoms with van der Waals surface area (Å²) in [5, 5.41) is 7.02. The molecule has 1 saturated heterocycles. The van der Waals surface area contributed by atoms with Gasteiger partial charge in [0.25, 0.3) is 0 Å². The number of guanidine groups is 1. The maximum atomic E-state index is 4.36. The molecule has 1 aromatic rings. The van der Waals surface area contributed by atoms with Gasteiger partial charge in [-0.15, -0.1) is 0 Å². The van der Waals surface area contributed by atoms with E-state index in [9.17, 15) is 0 Å². The molecule has 0 bridgehead atoms. The van der Waals surface area contributed by atoms with Gasteiger partial charge in [-0.2, -0.15) is 0 Å². The number of hydrogen-bond donors (Lipinski definition) is 2. The summed E-state index contributed by atoms with van der Waals surface area (Å²) in [7, 11) is 1.86. The fourth-order valence-electron chi connectivity index (χ4n) is 3.09. The summed E-state index contributed by atoms with van der Waals surface area (Å²) in [5.41, 5.74) is 1.40. The molecule has 4 heteroatoms. The average molecular weight is 316 g/mol. The Morgan fingerprint density at radius 1 is 1.22 bits per heavy atom. The van der Waals surface area contributed by atoms with E-state index in [0.717, 1.165) is 25.3 Å². The normalized spacial score (nSPS) is 17.5. The number of likely N-dealkylation sites (tertiary alicyclic amines) is 1. The van der Waals surface area contributed by atoms with Gasteiger partial charge in [-0.05, 0) is 45.1 Å². The quantitative estimate of drug-likeness (QED) is 0.481. The van der Waals surface area contributed by atoms with Crippen molar-refractivity contribution in [3.8, 4) is 0 Å². The first-order valence-electron chi connectivity index (χ1n) is 8.94. The van der Waals surface area contributed by atoms with Crippen molar-refractivity contribution in [3.63, 3.8) is 0 Å². The number of benzene rings is 1. The summed E-state index contributed by atoms with van der Waals surface area (Å²) in [6.45, 7) is 7.88. The predicted octanol–water partition coefficient (Wildman–Crippen LogP) is 2.66. The molecular weight excluding hydrogens is 284 g/mol. The van der Waals surface area contributed by atoms with Crippen LogP contribution in [0, 0.1) is 0 Å². The summed E-state index contributed by atoms with van der Waals surface area (Å²) < 4.78 is 0. The van der Waals surface area contributed by atoms with Crippen molar-refractivity contribution in [3.05, 3.63) is 35.9 Å². The summed E-state index contributed by atoms with van der Waals surface area (Å²) in [6.07, 6.45) is 4.62. The first-order valence-corrected chi connectivity index (χ1v) is 8.94. The lowest BCUT2D eigenvalue weighted by Crippen LogP contribution is -2.50. The van der Waals surface area contributed by atoms with E-state index in [1.54, 1.807) is 0 Å². The van der Waals surface area contributed by atoms with Crippen LogP contribution in [-0.2, 0) is 6.42 Å². The van der Waals surface area contributed by atoms with Crippen molar-refractivity contribution >= 4 is 5.96 Å². The molecule has 2 rings (SSSR count). The summed E-state index contributed by atoms with van der Waals surface area (Å²) >= 11 is 0. The maximum Gasteiger partial charge on any atom is 0.191 e. The average Bonchev–Trinajstić information content (AvgIpc) is 2.59. The van der Waals surface area contributed by atoms with Crippen LogP contribution >= 0.6 is 0 Å². The molecular formula is C19H32N4. The summed E-state index contributed by atoms with van der Waals surface area (Å²) in [4.78, 5) is 6.91. The van der Waals surface area contributed by atoms with Gasteiger partial charge in [-0.25, -0.2) is 0 Å². The van der Waals surface area contributed by atoms with Crippen LogP contribution in [0.2, 0.25) is 0 Å². The van der Waals surface area contributed by atoms with Gasteiger partial charge in [0.05, 0.1) is 0 Å². The molecule has 128 valence electrons. The number of aliphatic imine (C=N–C) groups is 1. The monoisotopic (exact) mass is 316 g/mol. The van der Waals surface area contributed by atoms with Gasteiger partial charge in [0.2, 0.25) is 0 Å². The third-order valence-electron chi connectivity index (χ3n) is 4.60. The van der Waals surface area contributed by atoms with E-state index in [1.165, 1.54) is 31.5 Å². The first kappa shape index (κ1) is 17.8. The smallest absolute Gasteiger partial charge is 0.191 e. The lowest BCUT2D eigenvalue weighted by atomic mass is 10.0. The SMILES string of the molecule is CN=C(NCCCc1ccccc1)NC1CCN(C(C)C)CC1. The molecule has 1 heterocycles. The first-order chi connectivity index (χ1) is 11.2. The lowest BCUT2D eigenvalue weighted by Gasteiger charge is -2.35. The van der Waals surface area contributed by atoms with Crippen LogP contribution in [0.1, 0.15) is 38.7 Å². The van der Waals surface area contributed by atoms with E-state index in [4.69, 9.17) is 0 Å². The van der Waals surface area contributed by atoms with Crippen molar-refractivity contribution in [1.82, 2.24) is 15.5 Å². The highest BCUT2D eigenvalue weighted by Crippen LogP contribution is 2.12. The van der Waals surface area contributed by atoms with E-state index < -0.39 is 0 Å². The van der Waals surface area contributed by atoms with Crippen LogP contribution in [-0.4, -0.2) is 49.6 Å². The van der Waals surface area contributed by atoms with E-state index in [1.807, 2.05) is 7.05 Å². The Balaban J connectivity index is 1.64. The predicted molar refractivity (Wildman–Crippen MR) is 99.0 cm³/mol. The second-order valence-corrected chi connectivity index (χ2v) is 6.64. The minimum absolute atomic E-state index is 0.547. The van der Waals surface area contributed by atoms with Crippen LogP contribution in [0.5, 0.6) is 0 Å². The molecule has 2 N–H and O–H groups in total. The Bertz CT molecular complexity index is 462. The molecule has 1 aliphatic heterocycles. The number of aryl methyl sites for hydroxylation is 1. The van der Waals surface area contributed by atoms with Gasteiger partial charge in [-0.1, -0.05) is 30.3 Å². The molecule has 0 unspecified atom stereocenters. The molecule has 0 amide bonds. The third-order valence-corrected chi connectivity index (χ3v) is 4.60. The highest BCUT2D eigenvalue weighted by molar-refractivity contribution is 5.79. The number of nitrogens with one attached hydrogen (secondary N) is 2. The Morgan fingerprint density at radius 2 is 1.91 bits per heavy atom. The second-order valence-electron chi connectivity index (χ2n) is 6.64. The minimum Gasteiger partial charge on any atom is -0.356 e. The lowest BCUT2D eigenvalue weighted by molar-refractivity contribution is 0.167. The van der Waals surface area contributed by atoms with E-state index in [2.05, 4.69) is 64.7 Å². The van der Waals surface area contributed by atoms with Crippen molar-refractivity contribution < 1.29 is 0 Å². The fraction of sp³-hybridized carbons (Fsp3) is 0.632. The number of piperidine rings is 1. The van der Waals surface area contributed by atoms with Gasteiger partial charge in [0.15, 0.2) is 5.96 Å². The van der Waals surface area contributed by atoms with Gasteiger partial charge in [-0.3, -0.25) is 4.99 Å². The topological polar surface area (TPSA) is 39.7 Å². The highest BCUT2D eigenvalue weighted by atomic mass is 15.2. The van der Waals surface area contributed by atoms with Crippen LogP contribution < -0.4 is 10.6 Å². The van der Waals surface area contributed by atoms with E-state index in [0.29, 0.717) is 12.1 Å². The molecule has 4 nitrogen and oxygen atoms in total. The molecule has 0 aliphatic carbocycles. The molecule has 0 aromatic heterocycles. The van der Waals surface area contributed by atoms with Crippen molar-refractivity contribution in [2.45, 2.75) is 51.6 Å². The summed E-state index contributed by atoms with van der Waals surface area (Å²) in [6, 6.07) is 11.9. The van der Waals surface area contributed by atoms with E-state index >= 15 is 0 Å². The maximum absolute atomic E-state index is 4.36. The minimum atomic E-state index is 0.547. The third kappa shape index (κ3) is 6.22. The van der Waals surface area contributed by atoms with Gasteiger partial charge < -0.3 is 15.5 Å². The fourth-order valence-corrected chi connectivity index (χ4v) is 3.09. The van der Waals surface area contributed by atoms with Gasteiger partial charge in [0, 0.05) is 38.8 Å². The van der Waals surface area contributed by atoms with Crippen LogP contribution in [0.3, 0.4) is 0 Å². The largest absolute Gasteiger partial charge is 0.356 e. The zero-order valence-electron chi connectivity index (χ0n) is 14.9. The Labute approximate surface area is 141 Å². The van der Waals surface area contributed by atoms with Crippen molar-refractivity contribution in [2.24, 2.45) is 4.99 Å². The highest BCUT2D eigenvalue weighted by Gasteiger charge is 2.21. The molecule has 0 saturated carbocycles. The van der Waals surface area contributed by atoms with Crippen molar-refractivity contribution in [1.29, 1.82) is 0 Å². The molecule has 0 spiro atoms. The number of rotatable bonds is 6. The van der Waals surface area contributed by atoms with E-state index in [-0.39, 0.29) is 0 Å². The Kier molecular flexibility index (Phi) is 7.40.